The molecule has 1 aliphatic rings. The maximum atomic E-state index is 3.59. The summed E-state index contributed by atoms with van der Waals surface area (Å²) in [5.74, 6) is 0. The van der Waals surface area contributed by atoms with Crippen molar-refractivity contribution in [2.24, 2.45) is 0 Å². The first kappa shape index (κ1) is 13.7. The van der Waals surface area contributed by atoms with Crippen molar-refractivity contribution in [3.8, 4) is 0 Å². The highest BCUT2D eigenvalue weighted by Gasteiger charge is 2.14. The van der Waals surface area contributed by atoms with Crippen molar-refractivity contribution < 1.29 is 0 Å². The van der Waals surface area contributed by atoms with E-state index in [1.54, 1.807) is 0 Å². The number of aryl methyl sites for hydroxylation is 3. The van der Waals surface area contributed by atoms with Gasteiger partial charge >= 0.3 is 0 Å². The van der Waals surface area contributed by atoms with Gasteiger partial charge in [-0.05, 0) is 43.9 Å². The van der Waals surface area contributed by atoms with E-state index in [1.165, 1.54) is 52.9 Å². The maximum Gasteiger partial charge on any atom is 0.0491 e. The Morgan fingerprint density at radius 3 is 2.50 bits per heavy atom. The van der Waals surface area contributed by atoms with E-state index in [0.29, 0.717) is 0 Å². The van der Waals surface area contributed by atoms with Crippen LogP contribution in [0, 0.1) is 20.8 Å². The number of H-pyrrole nitrogens is 1. The zero-order valence-electron chi connectivity index (χ0n) is 12.8. The lowest BCUT2D eigenvalue weighted by Crippen LogP contribution is -2.44. The molecule has 1 aliphatic heterocycles. The van der Waals surface area contributed by atoms with Crippen LogP contribution in [0.1, 0.15) is 22.4 Å². The van der Waals surface area contributed by atoms with Crippen LogP contribution in [-0.2, 0) is 6.42 Å². The molecule has 2 heterocycles. The van der Waals surface area contributed by atoms with Crippen LogP contribution in [-0.4, -0.2) is 42.6 Å². The van der Waals surface area contributed by atoms with Crippen LogP contribution >= 0.6 is 0 Å². The van der Waals surface area contributed by atoms with Crippen LogP contribution in [0.5, 0.6) is 0 Å². The third kappa shape index (κ3) is 2.48. The summed E-state index contributed by atoms with van der Waals surface area (Å²) in [5.41, 5.74) is 6.93. The average Bonchev–Trinajstić information content (AvgIpc) is 2.80. The average molecular weight is 271 g/mol. The normalized spacial score (nSPS) is 16.9. The van der Waals surface area contributed by atoms with E-state index in [-0.39, 0.29) is 0 Å². The Hall–Kier alpha value is -1.32. The molecule has 0 saturated carbocycles. The molecule has 0 unspecified atom stereocenters. The molecule has 3 nitrogen and oxygen atoms in total. The molecule has 2 aromatic rings. The Labute approximate surface area is 121 Å². The maximum absolute atomic E-state index is 3.59. The first-order valence-corrected chi connectivity index (χ1v) is 7.67. The third-order valence-corrected chi connectivity index (χ3v) is 4.58. The van der Waals surface area contributed by atoms with Gasteiger partial charge in [0.1, 0.15) is 0 Å². The van der Waals surface area contributed by atoms with E-state index >= 15 is 0 Å². The van der Waals surface area contributed by atoms with Gasteiger partial charge in [-0.15, -0.1) is 0 Å². The molecular formula is C17H25N3. The number of nitrogens with one attached hydrogen (secondary N) is 2. The molecule has 20 heavy (non-hydrogen) atoms. The fourth-order valence-corrected chi connectivity index (χ4v) is 3.33. The second-order valence-corrected chi connectivity index (χ2v) is 6.02. The third-order valence-electron chi connectivity index (χ3n) is 4.58. The van der Waals surface area contributed by atoms with Crippen molar-refractivity contribution >= 4 is 10.9 Å². The molecule has 1 fully saturated rings. The number of nitrogens with zero attached hydrogens (tertiary/aromatic N) is 1. The summed E-state index contributed by atoms with van der Waals surface area (Å²) in [4.78, 5) is 6.16. The minimum absolute atomic E-state index is 1.13. The smallest absolute Gasteiger partial charge is 0.0491 e. The first-order chi connectivity index (χ1) is 9.66. The number of rotatable bonds is 3. The summed E-state index contributed by atoms with van der Waals surface area (Å²) in [6.07, 6.45) is 1.15. The Balaban J connectivity index is 1.87. The molecule has 1 aromatic heterocycles. The number of benzene rings is 1. The lowest BCUT2D eigenvalue weighted by atomic mass is 10.0. The van der Waals surface area contributed by atoms with E-state index in [0.717, 1.165) is 19.5 Å². The molecule has 0 aliphatic carbocycles. The summed E-state index contributed by atoms with van der Waals surface area (Å²) >= 11 is 0. The summed E-state index contributed by atoms with van der Waals surface area (Å²) in [7, 11) is 0. The molecular weight excluding hydrogens is 246 g/mol. The molecule has 2 N–H and O–H groups in total. The van der Waals surface area contributed by atoms with Crippen molar-refractivity contribution in [2.75, 3.05) is 32.7 Å². The van der Waals surface area contributed by atoms with Crippen molar-refractivity contribution in [1.29, 1.82) is 0 Å². The van der Waals surface area contributed by atoms with Crippen LogP contribution in [0.4, 0.5) is 0 Å². The monoisotopic (exact) mass is 271 g/mol. The lowest BCUT2D eigenvalue weighted by molar-refractivity contribution is 0.244. The Bertz CT molecular complexity index is 606. The number of hydrogen-bond acceptors (Lipinski definition) is 2. The van der Waals surface area contributed by atoms with Crippen LogP contribution in [0.3, 0.4) is 0 Å². The second kappa shape index (κ2) is 5.58. The molecule has 0 amide bonds. The van der Waals surface area contributed by atoms with Crippen LogP contribution in [0.2, 0.25) is 0 Å². The Morgan fingerprint density at radius 2 is 1.75 bits per heavy atom. The topological polar surface area (TPSA) is 31.1 Å². The summed E-state index contributed by atoms with van der Waals surface area (Å²) in [6.45, 7) is 12.4. The van der Waals surface area contributed by atoms with Gasteiger partial charge in [-0.2, -0.15) is 0 Å². The summed E-state index contributed by atoms with van der Waals surface area (Å²) in [5, 5.41) is 4.87. The first-order valence-electron chi connectivity index (χ1n) is 7.67. The van der Waals surface area contributed by atoms with Crippen molar-refractivity contribution in [3.05, 3.63) is 34.5 Å². The highest BCUT2D eigenvalue weighted by molar-refractivity contribution is 5.90. The lowest BCUT2D eigenvalue weighted by Gasteiger charge is -2.27. The number of aromatic amines is 1. The largest absolute Gasteiger partial charge is 0.358 e. The second-order valence-electron chi connectivity index (χ2n) is 6.02. The fraction of sp³-hybridized carbons (Fsp3) is 0.529. The van der Waals surface area contributed by atoms with Crippen molar-refractivity contribution in [2.45, 2.75) is 27.2 Å². The highest BCUT2D eigenvalue weighted by atomic mass is 15.2. The van der Waals surface area contributed by atoms with Gasteiger partial charge < -0.3 is 15.2 Å². The predicted molar refractivity (Wildman–Crippen MR) is 85.5 cm³/mol. The number of hydrogen-bond donors (Lipinski definition) is 2. The van der Waals surface area contributed by atoms with E-state index in [2.05, 4.69) is 48.1 Å². The summed E-state index contributed by atoms with van der Waals surface area (Å²) in [6, 6.07) is 4.47. The zero-order valence-corrected chi connectivity index (χ0v) is 12.8. The number of piperazine rings is 1. The van der Waals surface area contributed by atoms with Gasteiger partial charge in [0.15, 0.2) is 0 Å². The van der Waals surface area contributed by atoms with E-state index in [4.69, 9.17) is 0 Å². The molecule has 0 spiro atoms. The van der Waals surface area contributed by atoms with Crippen LogP contribution in [0.25, 0.3) is 10.9 Å². The van der Waals surface area contributed by atoms with Crippen LogP contribution < -0.4 is 5.32 Å². The van der Waals surface area contributed by atoms with Gasteiger partial charge in [-0.25, -0.2) is 0 Å². The number of fused-ring (bicyclic) bond motifs is 1. The van der Waals surface area contributed by atoms with E-state index in [1.807, 2.05) is 0 Å². The highest BCUT2D eigenvalue weighted by Crippen LogP contribution is 2.28. The minimum atomic E-state index is 1.13. The Kier molecular flexibility index (Phi) is 3.81. The Morgan fingerprint density at radius 1 is 1.05 bits per heavy atom. The SMILES string of the molecule is Cc1[nH]c2c(C)ccc(C)c2c1CCN1CCNCC1. The summed E-state index contributed by atoms with van der Waals surface area (Å²) < 4.78 is 0. The molecule has 0 bridgehead atoms. The standard InChI is InChI=1S/C17H25N3/c1-12-4-5-13(2)17-16(12)15(14(3)19-17)6-9-20-10-7-18-8-11-20/h4-5,18-19H,6-11H2,1-3H3. The van der Waals surface area contributed by atoms with Gasteiger partial charge in [0, 0.05) is 49.3 Å². The minimum Gasteiger partial charge on any atom is -0.358 e. The van der Waals surface area contributed by atoms with E-state index < -0.39 is 0 Å². The van der Waals surface area contributed by atoms with Gasteiger partial charge in [0.25, 0.3) is 0 Å². The molecule has 3 rings (SSSR count). The molecule has 108 valence electrons. The molecule has 1 saturated heterocycles. The van der Waals surface area contributed by atoms with Crippen molar-refractivity contribution in [3.63, 3.8) is 0 Å². The van der Waals surface area contributed by atoms with Crippen LogP contribution in [0.15, 0.2) is 12.1 Å². The zero-order chi connectivity index (χ0) is 14.1. The quantitative estimate of drug-likeness (QED) is 0.899. The van der Waals surface area contributed by atoms with Crippen molar-refractivity contribution in [1.82, 2.24) is 15.2 Å². The van der Waals surface area contributed by atoms with E-state index in [9.17, 15) is 0 Å². The molecule has 0 atom stereocenters. The predicted octanol–water partition coefficient (Wildman–Crippen LogP) is 2.54. The molecule has 1 aromatic carbocycles. The van der Waals surface area contributed by atoms with Gasteiger partial charge in [-0.1, -0.05) is 12.1 Å². The van der Waals surface area contributed by atoms with Gasteiger partial charge in [0.2, 0.25) is 0 Å². The fourth-order valence-electron chi connectivity index (χ4n) is 3.33. The van der Waals surface area contributed by atoms with Gasteiger partial charge in [0.05, 0.1) is 0 Å². The molecule has 3 heteroatoms. The van der Waals surface area contributed by atoms with Gasteiger partial charge in [-0.3, -0.25) is 0 Å². The number of aromatic nitrogens is 1. The molecule has 0 radical (unpaired) electrons.